The quantitative estimate of drug-likeness (QED) is 0.0907. The molecule has 0 heterocycles. The van der Waals surface area contributed by atoms with Crippen LogP contribution in [0.2, 0.25) is 0 Å². The topological polar surface area (TPSA) is 171 Å². The highest BCUT2D eigenvalue weighted by Gasteiger charge is 2.48. The van der Waals surface area contributed by atoms with Crippen LogP contribution in [-0.4, -0.2) is 65.4 Å². The van der Waals surface area contributed by atoms with Crippen molar-refractivity contribution in [2.75, 3.05) is 19.8 Å². The summed E-state index contributed by atoms with van der Waals surface area (Å²) in [5, 5.41) is 40.6. The number of hydrogen-bond donors (Lipinski definition) is 8. The van der Waals surface area contributed by atoms with Crippen LogP contribution in [0.25, 0.3) is 0 Å². The lowest BCUT2D eigenvalue weighted by atomic mass is 9.68. The van der Waals surface area contributed by atoms with Crippen LogP contribution in [0, 0.1) is 5.41 Å². The molecule has 8 N–H and O–H groups in total. The molecule has 0 saturated heterocycles. The molecule has 0 unspecified atom stereocenters. The third-order valence-corrected chi connectivity index (χ3v) is 7.10. The number of aliphatic hydroxyl groups excluding tert-OH is 3. The summed E-state index contributed by atoms with van der Waals surface area (Å²) in [5.74, 6) is 0. The second-order valence-electron chi connectivity index (χ2n) is 8.41. The summed E-state index contributed by atoms with van der Waals surface area (Å²) in [4.78, 5) is 31.3. The molecule has 0 aromatic carbocycles. The predicted octanol–water partition coefficient (Wildman–Crippen LogP) is 3.61. The van der Waals surface area contributed by atoms with Gasteiger partial charge in [-0.2, -0.15) is 0 Å². The first-order valence-electron chi connectivity index (χ1n) is 11.8. The van der Waals surface area contributed by atoms with E-state index in [0.717, 1.165) is 38.5 Å². The molecule has 9 nitrogen and oxygen atoms in total. The van der Waals surface area contributed by atoms with Crippen molar-refractivity contribution in [1.82, 2.24) is 0 Å². The van der Waals surface area contributed by atoms with Crippen molar-refractivity contribution in [2.45, 2.75) is 109 Å². The Morgan fingerprint density at radius 1 is 0.562 bits per heavy atom. The first-order valence-corrected chi connectivity index (χ1v) is 14.1. The van der Waals surface area contributed by atoms with Crippen molar-refractivity contribution < 1.29 is 44.3 Å². The largest absolute Gasteiger partial charge is 0.395 e. The molecule has 0 aromatic rings. The second kappa shape index (κ2) is 22.0. The Hall–Kier alpha value is 0.500. The van der Waals surface area contributed by atoms with Gasteiger partial charge in [-0.3, -0.25) is 0 Å². The molecule has 0 rings (SSSR count). The maximum atomic E-state index is 11.2. The summed E-state index contributed by atoms with van der Waals surface area (Å²) in [6.45, 7) is 3.22. The molecule has 11 heteroatoms. The van der Waals surface area contributed by atoms with Crippen LogP contribution in [0.3, 0.4) is 0 Å². The van der Waals surface area contributed by atoms with Crippen molar-refractivity contribution >= 4 is 17.2 Å². The van der Waals surface area contributed by atoms with Gasteiger partial charge >= 0.3 is 17.2 Å². The number of unbranched alkanes of at least 4 members (excludes halogenated alkanes) is 10. The van der Waals surface area contributed by atoms with Gasteiger partial charge in [0.25, 0.3) is 0 Å². The predicted molar refractivity (Wildman–Crippen MR) is 128 cm³/mol. The van der Waals surface area contributed by atoms with Crippen molar-refractivity contribution in [2.24, 2.45) is 5.41 Å². The SMILES string of the molecule is CCCCCCCCC(O)(CCCCCCCC)C(CO)(CO)CO.OP(O)OP(O)O. The van der Waals surface area contributed by atoms with Gasteiger partial charge in [-0.25, -0.2) is 4.31 Å². The van der Waals surface area contributed by atoms with E-state index in [1.54, 1.807) is 0 Å². The molecule has 0 radical (unpaired) electrons. The summed E-state index contributed by atoms with van der Waals surface area (Å²) in [5.41, 5.74) is -2.40. The molecule has 0 amide bonds. The number of aliphatic hydroxyl groups is 4. The van der Waals surface area contributed by atoms with Crippen LogP contribution in [-0.2, 0) is 4.31 Å². The van der Waals surface area contributed by atoms with Crippen LogP contribution in [0.5, 0.6) is 0 Å². The molecule has 32 heavy (non-hydrogen) atoms. The average Bonchev–Trinajstić information content (AvgIpc) is 2.74. The molecule has 0 aliphatic heterocycles. The van der Waals surface area contributed by atoms with E-state index in [4.69, 9.17) is 19.6 Å². The Balaban J connectivity index is 0. The normalized spacial score (nSPS) is 12.4. The fraction of sp³-hybridized carbons (Fsp3) is 1.00. The minimum atomic E-state index is -2.61. The monoisotopic (exact) mass is 506 g/mol. The van der Waals surface area contributed by atoms with Gasteiger partial charge in [0, 0.05) is 0 Å². The molecule has 0 aliphatic rings. The average molecular weight is 507 g/mol. The van der Waals surface area contributed by atoms with Gasteiger partial charge in [0.05, 0.1) is 30.8 Å². The Kier molecular flexibility index (Phi) is 23.8. The lowest BCUT2D eigenvalue weighted by Gasteiger charge is -2.44. The molecular weight excluding hydrogens is 458 g/mol. The smallest absolute Gasteiger partial charge is 0.334 e. The fourth-order valence-corrected chi connectivity index (χ4v) is 4.23. The molecule has 0 bridgehead atoms. The van der Waals surface area contributed by atoms with Crippen LogP contribution in [0.15, 0.2) is 0 Å². The molecule has 0 aliphatic carbocycles. The van der Waals surface area contributed by atoms with Crippen molar-refractivity contribution in [1.29, 1.82) is 0 Å². The summed E-state index contributed by atoms with van der Waals surface area (Å²) in [6.07, 6.45) is 14.6. The minimum absolute atomic E-state index is 0.387. The zero-order valence-electron chi connectivity index (χ0n) is 19.9. The maximum absolute atomic E-state index is 11.2. The summed E-state index contributed by atoms with van der Waals surface area (Å²) in [7, 11) is -5.22. The molecule has 196 valence electrons. The van der Waals surface area contributed by atoms with Crippen LogP contribution in [0.4, 0.5) is 0 Å². The highest BCUT2D eigenvalue weighted by atomic mass is 31.2. The Bertz CT molecular complexity index is 367. The van der Waals surface area contributed by atoms with Gasteiger partial charge in [0.2, 0.25) is 0 Å². The Morgan fingerprint density at radius 2 is 0.875 bits per heavy atom. The zero-order valence-corrected chi connectivity index (χ0v) is 21.7. The minimum Gasteiger partial charge on any atom is -0.395 e. The number of hydrogen-bond acceptors (Lipinski definition) is 9. The van der Waals surface area contributed by atoms with Gasteiger partial charge in [-0.15, -0.1) is 0 Å². The van der Waals surface area contributed by atoms with Crippen LogP contribution < -0.4 is 0 Å². The molecular formula is C21H48O9P2. The second-order valence-corrected chi connectivity index (χ2v) is 10.1. The summed E-state index contributed by atoms with van der Waals surface area (Å²) >= 11 is 0. The van der Waals surface area contributed by atoms with Crippen LogP contribution >= 0.6 is 17.2 Å². The summed E-state index contributed by atoms with van der Waals surface area (Å²) < 4.78 is 3.60. The van der Waals surface area contributed by atoms with E-state index >= 15 is 0 Å². The van der Waals surface area contributed by atoms with Crippen molar-refractivity contribution in [3.05, 3.63) is 0 Å². The van der Waals surface area contributed by atoms with E-state index in [-0.39, 0.29) is 19.8 Å². The van der Waals surface area contributed by atoms with E-state index < -0.39 is 28.2 Å². The van der Waals surface area contributed by atoms with Crippen molar-refractivity contribution in [3.63, 3.8) is 0 Å². The number of rotatable bonds is 20. The summed E-state index contributed by atoms with van der Waals surface area (Å²) in [6, 6.07) is 0. The highest BCUT2D eigenvalue weighted by Crippen LogP contribution is 2.42. The van der Waals surface area contributed by atoms with Crippen LogP contribution in [0.1, 0.15) is 104 Å². The highest BCUT2D eigenvalue weighted by molar-refractivity contribution is 7.53. The van der Waals surface area contributed by atoms with E-state index in [9.17, 15) is 20.4 Å². The third kappa shape index (κ3) is 16.2. The third-order valence-electron chi connectivity index (χ3n) is 5.93. The van der Waals surface area contributed by atoms with E-state index in [1.165, 1.54) is 38.5 Å². The first-order chi connectivity index (χ1) is 15.2. The molecule has 0 fully saturated rings. The van der Waals surface area contributed by atoms with Gasteiger partial charge in [-0.1, -0.05) is 90.9 Å². The zero-order chi connectivity index (χ0) is 24.9. The Morgan fingerprint density at radius 3 is 1.12 bits per heavy atom. The maximum Gasteiger partial charge on any atom is 0.334 e. The fourth-order valence-electron chi connectivity index (χ4n) is 3.71. The first kappa shape index (κ1) is 34.7. The lowest BCUT2D eigenvalue weighted by molar-refractivity contribution is -0.162. The molecule has 0 atom stereocenters. The van der Waals surface area contributed by atoms with Gasteiger partial charge in [0.15, 0.2) is 0 Å². The van der Waals surface area contributed by atoms with Crippen molar-refractivity contribution in [3.8, 4) is 0 Å². The molecule has 0 saturated carbocycles. The van der Waals surface area contributed by atoms with E-state index in [0.29, 0.717) is 12.8 Å². The van der Waals surface area contributed by atoms with E-state index in [2.05, 4.69) is 18.2 Å². The van der Waals surface area contributed by atoms with Gasteiger partial charge in [-0.05, 0) is 12.8 Å². The van der Waals surface area contributed by atoms with E-state index in [1.807, 2.05) is 0 Å². The van der Waals surface area contributed by atoms with Gasteiger partial charge < -0.3 is 40.0 Å². The lowest BCUT2D eigenvalue weighted by Crippen LogP contribution is -2.55. The molecule has 0 aromatic heterocycles. The Labute approximate surface area is 196 Å². The molecule has 0 spiro atoms. The van der Waals surface area contributed by atoms with Gasteiger partial charge in [0.1, 0.15) is 0 Å². The standard InChI is InChI=1S/C21H44O4.H4O5P2/c1-3-5-7-9-11-13-15-21(25,20(17-22,18-23)19-24)16-14-12-10-8-6-4-2;1-6(2)5-7(3)4/h22-25H,3-19H2,1-2H3;1-4H.